The van der Waals surface area contributed by atoms with E-state index in [1.807, 2.05) is 0 Å². The van der Waals surface area contributed by atoms with Crippen molar-refractivity contribution < 1.29 is 0 Å². The molecule has 1 aromatic rings. The van der Waals surface area contributed by atoms with Crippen LogP contribution < -0.4 is 10.2 Å². The third kappa shape index (κ3) is 2.97. The van der Waals surface area contributed by atoms with Crippen molar-refractivity contribution in [3.05, 3.63) is 18.9 Å². The molecule has 2 heterocycles. The van der Waals surface area contributed by atoms with Gasteiger partial charge in [-0.3, -0.25) is 0 Å². The second-order valence-electron chi connectivity index (χ2n) is 4.56. The van der Waals surface area contributed by atoms with Gasteiger partial charge in [-0.05, 0) is 25.7 Å². The smallest absolute Gasteiger partial charge is 0.244 e. The minimum absolute atomic E-state index is 0.577. The summed E-state index contributed by atoms with van der Waals surface area (Å²) in [7, 11) is 0. The summed E-state index contributed by atoms with van der Waals surface area (Å²) >= 11 is 0. The Bertz CT molecular complexity index is 393. The standard InChI is InChI=1S/C13H21N5/c1-3-8-14-13-16-12(10-15-17-13)18-9-6-5-7-11(18)4-2/h3,10-11H,1,4-9H2,2H3,(H,14,16,17). The van der Waals surface area contributed by atoms with Crippen molar-refractivity contribution in [1.82, 2.24) is 15.2 Å². The molecule has 1 unspecified atom stereocenters. The predicted molar refractivity (Wildman–Crippen MR) is 73.8 cm³/mol. The first-order chi connectivity index (χ1) is 8.85. The van der Waals surface area contributed by atoms with Gasteiger partial charge < -0.3 is 10.2 Å². The number of hydrogen-bond acceptors (Lipinski definition) is 5. The van der Waals surface area contributed by atoms with Gasteiger partial charge in [0.25, 0.3) is 0 Å². The lowest BCUT2D eigenvalue weighted by molar-refractivity contribution is 0.446. The van der Waals surface area contributed by atoms with Crippen molar-refractivity contribution >= 4 is 11.8 Å². The molecule has 1 aliphatic rings. The van der Waals surface area contributed by atoms with Gasteiger partial charge in [-0.25, -0.2) is 0 Å². The lowest BCUT2D eigenvalue weighted by atomic mass is 10.0. The Morgan fingerprint density at radius 1 is 1.56 bits per heavy atom. The van der Waals surface area contributed by atoms with Crippen LogP contribution in [0.15, 0.2) is 18.9 Å². The van der Waals surface area contributed by atoms with Gasteiger partial charge in [0.2, 0.25) is 5.95 Å². The Hall–Kier alpha value is -1.65. The van der Waals surface area contributed by atoms with Crippen LogP contribution in [0.2, 0.25) is 0 Å². The first kappa shape index (κ1) is 12.8. The molecule has 1 aliphatic heterocycles. The average molecular weight is 247 g/mol. The van der Waals surface area contributed by atoms with E-state index in [2.05, 4.69) is 38.9 Å². The number of aromatic nitrogens is 3. The Morgan fingerprint density at radius 3 is 3.22 bits per heavy atom. The van der Waals surface area contributed by atoms with Crippen LogP contribution in [-0.2, 0) is 0 Å². The van der Waals surface area contributed by atoms with E-state index < -0.39 is 0 Å². The van der Waals surface area contributed by atoms with Crippen molar-refractivity contribution in [1.29, 1.82) is 0 Å². The van der Waals surface area contributed by atoms with Gasteiger partial charge in [-0.1, -0.05) is 13.0 Å². The van der Waals surface area contributed by atoms with Crippen LogP contribution in [0.5, 0.6) is 0 Å². The molecule has 5 heteroatoms. The fraction of sp³-hybridized carbons (Fsp3) is 0.615. The second kappa shape index (κ2) is 6.33. The van der Waals surface area contributed by atoms with Crippen LogP contribution in [0.3, 0.4) is 0 Å². The van der Waals surface area contributed by atoms with Crippen LogP contribution in [0.25, 0.3) is 0 Å². The summed E-state index contributed by atoms with van der Waals surface area (Å²) in [5.41, 5.74) is 0. The van der Waals surface area contributed by atoms with E-state index in [1.165, 1.54) is 19.3 Å². The first-order valence-corrected chi connectivity index (χ1v) is 6.66. The van der Waals surface area contributed by atoms with E-state index >= 15 is 0 Å². The Labute approximate surface area is 108 Å². The molecule has 0 aliphatic carbocycles. The first-order valence-electron chi connectivity index (χ1n) is 6.66. The lowest BCUT2D eigenvalue weighted by Crippen LogP contribution is -2.39. The van der Waals surface area contributed by atoms with Gasteiger partial charge in [-0.2, -0.15) is 10.1 Å². The van der Waals surface area contributed by atoms with E-state index in [4.69, 9.17) is 0 Å². The van der Waals surface area contributed by atoms with E-state index in [-0.39, 0.29) is 0 Å². The minimum Gasteiger partial charge on any atom is -0.352 e. The monoisotopic (exact) mass is 247 g/mol. The van der Waals surface area contributed by atoms with Crippen molar-refractivity contribution in [3.63, 3.8) is 0 Å². The fourth-order valence-electron chi connectivity index (χ4n) is 2.40. The van der Waals surface area contributed by atoms with E-state index in [1.54, 1.807) is 12.3 Å². The van der Waals surface area contributed by atoms with Crippen molar-refractivity contribution in [2.75, 3.05) is 23.3 Å². The molecule has 1 atom stereocenters. The number of hydrogen-bond donors (Lipinski definition) is 1. The zero-order chi connectivity index (χ0) is 12.8. The highest BCUT2D eigenvalue weighted by atomic mass is 15.3. The molecule has 18 heavy (non-hydrogen) atoms. The minimum atomic E-state index is 0.577. The van der Waals surface area contributed by atoms with E-state index in [0.717, 1.165) is 18.8 Å². The Balaban J connectivity index is 2.12. The Kier molecular flexibility index (Phi) is 4.50. The topological polar surface area (TPSA) is 53.9 Å². The highest BCUT2D eigenvalue weighted by molar-refractivity contribution is 5.42. The number of rotatable bonds is 5. The molecule has 2 rings (SSSR count). The molecule has 0 radical (unpaired) electrons. The summed E-state index contributed by atoms with van der Waals surface area (Å²) in [6.07, 6.45) is 8.49. The number of piperidine rings is 1. The van der Waals surface area contributed by atoms with Crippen molar-refractivity contribution in [2.45, 2.75) is 38.6 Å². The van der Waals surface area contributed by atoms with Crippen LogP contribution in [-0.4, -0.2) is 34.3 Å². The zero-order valence-corrected chi connectivity index (χ0v) is 11.0. The zero-order valence-electron chi connectivity index (χ0n) is 11.0. The molecule has 0 saturated carbocycles. The molecule has 98 valence electrons. The average Bonchev–Trinajstić information content (AvgIpc) is 2.45. The summed E-state index contributed by atoms with van der Waals surface area (Å²) in [5.74, 6) is 1.51. The number of anilines is 2. The third-order valence-electron chi connectivity index (χ3n) is 3.34. The molecule has 0 spiro atoms. The molecule has 0 amide bonds. The van der Waals surface area contributed by atoms with Crippen LogP contribution in [0, 0.1) is 0 Å². The van der Waals surface area contributed by atoms with Crippen LogP contribution in [0.1, 0.15) is 32.6 Å². The number of nitrogens with one attached hydrogen (secondary N) is 1. The lowest BCUT2D eigenvalue weighted by Gasteiger charge is -2.35. The van der Waals surface area contributed by atoms with Gasteiger partial charge >= 0.3 is 0 Å². The number of nitrogens with zero attached hydrogens (tertiary/aromatic N) is 4. The quantitative estimate of drug-likeness (QED) is 0.809. The maximum Gasteiger partial charge on any atom is 0.244 e. The third-order valence-corrected chi connectivity index (χ3v) is 3.34. The molecule has 0 bridgehead atoms. The van der Waals surface area contributed by atoms with Gasteiger partial charge in [0.15, 0.2) is 5.82 Å². The molecule has 1 saturated heterocycles. The maximum atomic E-state index is 4.53. The molecule has 1 N–H and O–H groups in total. The van der Waals surface area contributed by atoms with Gasteiger partial charge in [0.05, 0.1) is 6.20 Å². The summed E-state index contributed by atoms with van der Waals surface area (Å²) in [6, 6.07) is 0.586. The molecular weight excluding hydrogens is 226 g/mol. The highest BCUT2D eigenvalue weighted by Crippen LogP contribution is 2.24. The summed E-state index contributed by atoms with van der Waals surface area (Å²) in [6.45, 7) is 7.62. The predicted octanol–water partition coefficient (Wildman–Crippen LogP) is 2.24. The summed E-state index contributed by atoms with van der Waals surface area (Å²) in [4.78, 5) is 6.88. The van der Waals surface area contributed by atoms with Crippen molar-refractivity contribution in [2.24, 2.45) is 0 Å². The Morgan fingerprint density at radius 2 is 2.44 bits per heavy atom. The summed E-state index contributed by atoms with van der Waals surface area (Å²) in [5, 5.41) is 11.1. The molecule has 1 aromatic heterocycles. The second-order valence-corrected chi connectivity index (χ2v) is 4.56. The molecule has 5 nitrogen and oxygen atoms in total. The van der Waals surface area contributed by atoms with Crippen molar-refractivity contribution in [3.8, 4) is 0 Å². The highest BCUT2D eigenvalue weighted by Gasteiger charge is 2.22. The molecule has 0 aromatic carbocycles. The largest absolute Gasteiger partial charge is 0.352 e. The van der Waals surface area contributed by atoms with Gasteiger partial charge in [0.1, 0.15) is 0 Å². The SMILES string of the molecule is C=CCNc1nncc(N2CCCCC2CC)n1. The normalized spacial score (nSPS) is 19.6. The summed E-state index contributed by atoms with van der Waals surface area (Å²) < 4.78 is 0. The fourth-order valence-corrected chi connectivity index (χ4v) is 2.40. The van der Waals surface area contributed by atoms with Crippen LogP contribution >= 0.6 is 0 Å². The van der Waals surface area contributed by atoms with Crippen LogP contribution in [0.4, 0.5) is 11.8 Å². The van der Waals surface area contributed by atoms with E-state index in [0.29, 0.717) is 18.5 Å². The van der Waals surface area contributed by atoms with Gasteiger partial charge in [-0.15, -0.1) is 11.7 Å². The van der Waals surface area contributed by atoms with E-state index in [9.17, 15) is 0 Å². The van der Waals surface area contributed by atoms with Gasteiger partial charge in [0, 0.05) is 19.1 Å². The molecular formula is C13H21N5. The maximum absolute atomic E-state index is 4.53. The molecule has 1 fully saturated rings.